The maximum absolute atomic E-state index is 11.7. The summed E-state index contributed by atoms with van der Waals surface area (Å²) in [6.07, 6.45) is 0.826. The molecule has 0 aromatic heterocycles. The minimum Gasteiger partial charge on any atom is -0.385 e. The molecule has 0 bridgehead atoms. The molecule has 2 N–H and O–H groups in total. The molecule has 2 rings (SSSR count). The van der Waals surface area contributed by atoms with Gasteiger partial charge in [0.05, 0.1) is 6.54 Å². The third-order valence-electron chi connectivity index (χ3n) is 3.10. The second-order valence-electron chi connectivity index (χ2n) is 4.76. The van der Waals surface area contributed by atoms with E-state index in [0.717, 1.165) is 22.0 Å². The molecule has 21 heavy (non-hydrogen) atoms. The number of benzene rings is 2. The normalized spacial score (nSPS) is 10.6. The molecule has 0 spiro atoms. The summed E-state index contributed by atoms with van der Waals surface area (Å²) in [5, 5.41) is 8.29. The highest BCUT2D eigenvalue weighted by Crippen LogP contribution is 2.22. The van der Waals surface area contributed by atoms with Gasteiger partial charge in [0.15, 0.2) is 0 Å². The van der Waals surface area contributed by atoms with Crippen molar-refractivity contribution in [3.8, 4) is 0 Å². The minimum atomic E-state index is -0.0120. The van der Waals surface area contributed by atoms with Crippen LogP contribution in [0.15, 0.2) is 40.9 Å². The minimum absolute atomic E-state index is 0.0120. The van der Waals surface area contributed by atoms with Gasteiger partial charge in [-0.05, 0) is 41.5 Å². The summed E-state index contributed by atoms with van der Waals surface area (Å²) in [7, 11) is 1.65. The summed E-state index contributed by atoms with van der Waals surface area (Å²) in [5.41, 5.74) is 0.942. The summed E-state index contributed by atoms with van der Waals surface area (Å²) < 4.78 is 5.99. The van der Waals surface area contributed by atoms with Gasteiger partial charge in [-0.25, -0.2) is 0 Å². The third-order valence-corrected chi connectivity index (χ3v) is 3.60. The SMILES string of the molecule is COCCCNC(=O)CNc1ccc2cc(Br)ccc2c1. The first-order valence-corrected chi connectivity index (χ1v) is 7.67. The maximum atomic E-state index is 11.7. The Bertz CT molecular complexity index is 616. The Balaban J connectivity index is 1.85. The summed E-state index contributed by atoms with van der Waals surface area (Å²) in [6.45, 7) is 1.57. The largest absolute Gasteiger partial charge is 0.385 e. The van der Waals surface area contributed by atoms with E-state index >= 15 is 0 Å². The topological polar surface area (TPSA) is 50.4 Å². The first-order valence-electron chi connectivity index (χ1n) is 6.88. The van der Waals surface area contributed by atoms with Crippen molar-refractivity contribution in [1.82, 2.24) is 5.32 Å². The van der Waals surface area contributed by atoms with E-state index in [9.17, 15) is 4.79 Å². The molecule has 0 saturated carbocycles. The lowest BCUT2D eigenvalue weighted by Crippen LogP contribution is -2.31. The van der Waals surface area contributed by atoms with Crippen LogP contribution in [0.4, 0.5) is 5.69 Å². The van der Waals surface area contributed by atoms with E-state index in [0.29, 0.717) is 13.2 Å². The summed E-state index contributed by atoms with van der Waals surface area (Å²) in [4.78, 5) is 11.7. The number of amides is 1. The molecule has 5 heteroatoms. The number of carbonyl (C=O) groups excluding carboxylic acids is 1. The lowest BCUT2D eigenvalue weighted by Gasteiger charge is -2.09. The van der Waals surface area contributed by atoms with Crippen molar-refractivity contribution in [1.29, 1.82) is 0 Å². The van der Waals surface area contributed by atoms with Crippen LogP contribution in [0.5, 0.6) is 0 Å². The Morgan fingerprint density at radius 1 is 1.19 bits per heavy atom. The molecule has 0 aliphatic carbocycles. The van der Waals surface area contributed by atoms with Crippen LogP contribution in [0.1, 0.15) is 6.42 Å². The highest BCUT2D eigenvalue weighted by Gasteiger charge is 2.01. The predicted molar refractivity (Wildman–Crippen MR) is 89.6 cm³/mol. The quantitative estimate of drug-likeness (QED) is 0.754. The fraction of sp³-hybridized carbons (Fsp3) is 0.312. The summed E-state index contributed by atoms with van der Waals surface area (Å²) >= 11 is 3.46. The van der Waals surface area contributed by atoms with E-state index in [1.165, 1.54) is 5.39 Å². The predicted octanol–water partition coefficient (Wildman–Crippen LogP) is 3.17. The second-order valence-corrected chi connectivity index (χ2v) is 5.67. The summed E-state index contributed by atoms with van der Waals surface area (Å²) in [6, 6.07) is 12.2. The van der Waals surface area contributed by atoms with E-state index in [1.54, 1.807) is 7.11 Å². The zero-order chi connectivity index (χ0) is 15.1. The molecule has 0 aliphatic rings. The van der Waals surface area contributed by atoms with Crippen LogP contribution in [-0.2, 0) is 9.53 Å². The highest BCUT2D eigenvalue weighted by molar-refractivity contribution is 9.10. The number of nitrogens with one attached hydrogen (secondary N) is 2. The van der Waals surface area contributed by atoms with Gasteiger partial charge in [-0.3, -0.25) is 4.79 Å². The molecule has 2 aromatic rings. The molecule has 0 atom stereocenters. The number of rotatable bonds is 7. The van der Waals surface area contributed by atoms with Crippen molar-refractivity contribution in [3.05, 3.63) is 40.9 Å². The van der Waals surface area contributed by atoms with Crippen molar-refractivity contribution in [2.45, 2.75) is 6.42 Å². The average Bonchev–Trinajstić information content (AvgIpc) is 2.49. The van der Waals surface area contributed by atoms with Gasteiger partial charge >= 0.3 is 0 Å². The molecule has 0 aliphatic heterocycles. The molecule has 4 nitrogen and oxygen atoms in total. The Kier molecular flexibility index (Phi) is 6.02. The summed E-state index contributed by atoms with van der Waals surface area (Å²) in [5.74, 6) is -0.0120. The number of carbonyl (C=O) groups is 1. The van der Waals surface area contributed by atoms with Gasteiger partial charge in [-0.15, -0.1) is 0 Å². The average molecular weight is 351 g/mol. The van der Waals surface area contributed by atoms with Crippen LogP contribution >= 0.6 is 15.9 Å². The van der Waals surface area contributed by atoms with Crippen molar-refractivity contribution in [2.24, 2.45) is 0 Å². The number of halogens is 1. The molecule has 0 fully saturated rings. The van der Waals surface area contributed by atoms with E-state index in [1.807, 2.05) is 24.3 Å². The van der Waals surface area contributed by atoms with E-state index in [4.69, 9.17) is 4.74 Å². The molecule has 0 unspecified atom stereocenters. The zero-order valence-electron chi connectivity index (χ0n) is 12.0. The molecule has 0 saturated heterocycles. The maximum Gasteiger partial charge on any atom is 0.239 e. The van der Waals surface area contributed by atoms with E-state index in [2.05, 4.69) is 38.7 Å². The Morgan fingerprint density at radius 2 is 1.95 bits per heavy atom. The van der Waals surface area contributed by atoms with Crippen molar-refractivity contribution < 1.29 is 9.53 Å². The van der Waals surface area contributed by atoms with Crippen LogP contribution < -0.4 is 10.6 Å². The van der Waals surface area contributed by atoms with Gasteiger partial charge in [-0.1, -0.05) is 28.1 Å². The molecular formula is C16H19BrN2O2. The van der Waals surface area contributed by atoms with Crippen molar-refractivity contribution in [3.63, 3.8) is 0 Å². The van der Waals surface area contributed by atoms with E-state index in [-0.39, 0.29) is 12.5 Å². The molecule has 0 heterocycles. The van der Waals surface area contributed by atoms with Gasteiger partial charge < -0.3 is 15.4 Å². The first kappa shape index (κ1) is 15.8. The number of fused-ring (bicyclic) bond motifs is 1. The van der Waals surface area contributed by atoms with Crippen LogP contribution in [-0.4, -0.2) is 32.7 Å². The molecular weight excluding hydrogens is 332 g/mol. The van der Waals surface area contributed by atoms with Gasteiger partial charge in [0.1, 0.15) is 0 Å². The Labute approximate surface area is 133 Å². The fourth-order valence-electron chi connectivity index (χ4n) is 2.02. The molecule has 1 amide bonds. The monoisotopic (exact) mass is 350 g/mol. The highest BCUT2D eigenvalue weighted by atomic mass is 79.9. The second kappa shape index (κ2) is 8.00. The molecule has 112 valence electrons. The van der Waals surface area contributed by atoms with Gasteiger partial charge in [0, 0.05) is 30.4 Å². The lowest BCUT2D eigenvalue weighted by atomic mass is 10.1. The molecule has 0 radical (unpaired) electrons. The van der Waals surface area contributed by atoms with Crippen LogP contribution in [0.25, 0.3) is 10.8 Å². The van der Waals surface area contributed by atoms with Gasteiger partial charge in [0.25, 0.3) is 0 Å². The third kappa shape index (κ3) is 5.02. The number of anilines is 1. The number of hydrogen-bond acceptors (Lipinski definition) is 3. The fourth-order valence-corrected chi connectivity index (χ4v) is 2.39. The smallest absolute Gasteiger partial charge is 0.239 e. The van der Waals surface area contributed by atoms with Crippen molar-refractivity contribution in [2.75, 3.05) is 32.1 Å². The Hall–Kier alpha value is -1.59. The number of ether oxygens (including phenoxy) is 1. The Morgan fingerprint density at radius 3 is 2.76 bits per heavy atom. The zero-order valence-corrected chi connectivity index (χ0v) is 13.6. The number of hydrogen-bond donors (Lipinski definition) is 2. The molecule has 2 aromatic carbocycles. The number of methoxy groups -OCH3 is 1. The van der Waals surface area contributed by atoms with Crippen LogP contribution in [0.3, 0.4) is 0 Å². The lowest BCUT2D eigenvalue weighted by molar-refractivity contribution is -0.119. The van der Waals surface area contributed by atoms with Gasteiger partial charge in [0.2, 0.25) is 5.91 Å². The first-order chi connectivity index (χ1) is 10.2. The van der Waals surface area contributed by atoms with Crippen LogP contribution in [0.2, 0.25) is 0 Å². The van der Waals surface area contributed by atoms with Crippen LogP contribution in [0, 0.1) is 0 Å². The van der Waals surface area contributed by atoms with Crippen molar-refractivity contribution >= 4 is 38.3 Å². The van der Waals surface area contributed by atoms with Gasteiger partial charge in [-0.2, -0.15) is 0 Å². The van der Waals surface area contributed by atoms with E-state index < -0.39 is 0 Å². The standard InChI is InChI=1S/C16H19BrN2O2/c1-21-8-2-7-18-16(20)11-19-15-6-4-12-9-14(17)5-3-13(12)10-15/h3-6,9-10,19H,2,7-8,11H2,1H3,(H,18,20).